The third-order valence-corrected chi connectivity index (χ3v) is 8.03. The van der Waals surface area contributed by atoms with Gasteiger partial charge in [-0.3, -0.25) is 4.79 Å². The zero-order valence-electron chi connectivity index (χ0n) is 20.9. The van der Waals surface area contributed by atoms with E-state index in [0.717, 1.165) is 74.0 Å². The minimum atomic E-state index is 0.0722. The van der Waals surface area contributed by atoms with E-state index in [-0.39, 0.29) is 17.9 Å². The summed E-state index contributed by atoms with van der Waals surface area (Å²) in [5, 5.41) is 4.16. The Balaban J connectivity index is 1.38. The predicted octanol–water partition coefficient (Wildman–Crippen LogP) is 5.34. The van der Waals surface area contributed by atoms with E-state index in [0.29, 0.717) is 5.82 Å². The molecule has 186 valence electrons. The summed E-state index contributed by atoms with van der Waals surface area (Å²) in [6.07, 6.45) is 7.91. The molecule has 7 rings (SSSR count). The lowest BCUT2D eigenvalue weighted by molar-refractivity contribution is -0.117. The summed E-state index contributed by atoms with van der Waals surface area (Å²) in [5.74, 6) is 0.826. The van der Waals surface area contributed by atoms with Crippen LogP contribution in [-0.4, -0.2) is 35.0 Å². The lowest BCUT2D eigenvalue weighted by Gasteiger charge is -2.26. The normalized spacial score (nSPS) is 18.8. The lowest BCUT2D eigenvalue weighted by Crippen LogP contribution is -2.27. The molecule has 1 aliphatic heterocycles. The molecule has 0 radical (unpaired) electrons. The fourth-order valence-corrected chi connectivity index (χ4v) is 5.95. The Morgan fingerprint density at radius 3 is 2.70 bits per heavy atom. The van der Waals surface area contributed by atoms with E-state index in [9.17, 15) is 4.79 Å². The van der Waals surface area contributed by atoms with Crippen molar-refractivity contribution < 1.29 is 4.79 Å². The highest BCUT2D eigenvalue weighted by Gasteiger charge is 2.30. The molecule has 0 unspecified atom stereocenters. The van der Waals surface area contributed by atoms with E-state index in [4.69, 9.17) is 10.7 Å². The van der Waals surface area contributed by atoms with Crippen LogP contribution in [0.1, 0.15) is 36.8 Å². The molecule has 1 amide bonds. The molecule has 6 heteroatoms. The van der Waals surface area contributed by atoms with E-state index >= 15 is 0 Å². The molecule has 4 aromatic rings. The Morgan fingerprint density at radius 1 is 1.00 bits per heavy atom. The quantitative estimate of drug-likeness (QED) is 0.404. The van der Waals surface area contributed by atoms with Gasteiger partial charge >= 0.3 is 0 Å². The summed E-state index contributed by atoms with van der Waals surface area (Å²) in [6, 6.07) is 19.4. The number of rotatable bonds is 4. The minimum absolute atomic E-state index is 0.0722. The molecule has 3 N–H and O–H groups in total. The molecule has 37 heavy (non-hydrogen) atoms. The van der Waals surface area contributed by atoms with Gasteiger partial charge < -0.3 is 16.0 Å². The van der Waals surface area contributed by atoms with Gasteiger partial charge in [0.05, 0.1) is 16.9 Å². The number of carbonyl (C=O) groups excluding carboxylic acids is 1. The monoisotopic (exact) mass is 489 g/mol. The van der Waals surface area contributed by atoms with Crippen molar-refractivity contribution in [3.63, 3.8) is 0 Å². The largest absolute Gasteiger partial charge is 0.369 e. The van der Waals surface area contributed by atoms with Crippen LogP contribution in [-0.2, 0) is 17.6 Å². The molecular formula is C31H31N5O. The van der Waals surface area contributed by atoms with Crippen LogP contribution in [0.25, 0.3) is 33.3 Å². The number of pyridine rings is 2. The molecular weight excluding hydrogens is 458 g/mol. The highest BCUT2D eigenvalue weighted by Crippen LogP contribution is 2.42. The number of benzene rings is 2. The Bertz CT molecular complexity index is 1530. The zero-order chi connectivity index (χ0) is 24.9. The van der Waals surface area contributed by atoms with Crippen molar-refractivity contribution in [2.45, 2.75) is 44.6 Å². The fraction of sp³-hybridized carbons (Fsp3) is 0.323. The molecule has 1 saturated heterocycles. The van der Waals surface area contributed by atoms with Crippen molar-refractivity contribution in [3.05, 3.63) is 71.9 Å². The van der Waals surface area contributed by atoms with Gasteiger partial charge in [0.1, 0.15) is 5.82 Å². The van der Waals surface area contributed by atoms with Gasteiger partial charge in [0.2, 0.25) is 5.91 Å². The molecule has 6 nitrogen and oxygen atoms in total. The van der Waals surface area contributed by atoms with Gasteiger partial charge in [0.15, 0.2) is 0 Å². The molecule has 3 heterocycles. The van der Waals surface area contributed by atoms with Crippen LogP contribution < -0.4 is 16.0 Å². The number of nitrogens with zero attached hydrogens (tertiary/aromatic N) is 3. The average Bonchev–Trinajstić information content (AvgIpc) is 3.71. The van der Waals surface area contributed by atoms with E-state index in [1.165, 1.54) is 27.8 Å². The maximum Gasteiger partial charge on any atom is 0.228 e. The summed E-state index contributed by atoms with van der Waals surface area (Å²) in [4.78, 5) is 24.4. The van der Waals surface area contributed by atoms with Gasteiger partial charge in [-0.15, -0.1) is 0 Å². The lowest BCUT2D eigenvalue weighted by atomic mass is 9.96. The molecule has 1 atom stereocenters. The predicted molar refractivity (Wildman–Crippen MR) is 149 cm³/mol. The van der Waals surface area contributed by atoms with E-state index in [1.807, 2.05) is 12.1 Å². The molecule has 0 bridgehead atoms. The maximum absolute atomic E-state index is 12.3. The van der Waals surface area contributed by atoms with E-state index in [2.05, 4.69) is 57.7 Å². The topological polar surface area (TPSA) is 84.1 Å². The first-order valence-corrected chi connectivity index (χ1v) is 13.5. The maximum atomic E-state index is 12.3. The Labute approximate surface area is 216 Å². The van der Waals surface area contributed by atoms with Gasteiger partial charge in [-0.1, -0.05) is 30.3 Å². The highest BCUT2D eigenvalue weighted by molar-refractivity contribution is 6.00. The first-order chi connectivity index (χ1) is 18.1. The molecule has 3 aliphatic rings. The molecule has 2 aliphatic carbocycles. The van der Waals surface area contributed by atoms with Crippen molar-refractivity contribution in [1.29, 1.82) is 0 Å². The molecule has 0 spiro atoms. The van der Waals surface area contributed by atoms with Crippen LogP contribution in [0.3, 0.4) is 0 Å². The standard InChI is InChI=1S/C31H31N5O/c32-23-13-15-36(18-23)30-25-7-3-5-19-4-1-2-6-24(19)29(25)34-27-11-10-21(16-26(27)30)22-12-14-33-28(17-22)35-31(37)20-8-9-20/h1-2,4,6,10-12,14,16-17,20,23H,3,5,7-9,13,15,18,32H2,(H,33,35,37)/t23-/m0/s1. The minimum Gasteiger partial charge on any atom is -0.369 e. The van der Waals surface area contributed by atoms with Crippen molar-refractivity contribution in [2.24, 2.45) is 11.7 Å². The number of fused-ring (bicyclic) bond motifs is 4. The van der Waals surface area contributed by atoms with Gasteiger partial charge in [0.25, 0.3) is 0 Å². The third kappa shape index (κ3) is 4.15. The Kier molecular flexibility index (Phi) is 5.43. The second-order valence-electron chi connectivity index (χ2n) is 10.7. The molecule has 2 fully saturated rings. The Morgan fingerprint density at radius 2 is 1.86 bits per heavy atom. The number of hydrogen-bond donors (Lipinski definition) is 2. The van der Waals surface area contributed by atoms with Crippen LogP contribution in [0, 0.1) is 5.92 Å². The first kappa shape index (κ1) is 22.4. The van der Waals surface area contributed by atoms with Crippen LogP contribution in [0.5, 0.6) is 0 Å². The summed E-state index contributed by atoms with van der Waals surface area (Å²) in [6.45, 7) is 1.83. The molecule has 2 aromatic heterocycles. The number of hydrogen-bond acceptors (Lipinski definition) is 5. The SMILES string of the molecule is N[C@H]1CCN(c2c3c(nc4ccc(-c5ccnc(NC(=O)C6CC6)c5)cc24)-c2ccccc2CCC3)C1. The smallest absolute Gasteiger partial charge is 0.228 e. The zero-order valence-corrected chi connectivity index (χ0v) is 20.9. The van der Waals surface area contributed by atoms with Gasteiger partial charge in [-0.2, -0.15) is 0 Å². The van der Waals surface area contributed by atoms with Crippen LogP contribution in [0.4, 0.5) is 11.5 Å². The summed E-state index contributed by atoms with van der Waals surface area (Å²) in [7, 11) is 0. The number of anilines is 2. The second kappa shape index (κ2) is 8.96. The summed E-state index contributed by atoms with van der Waals surface area (Å²) in [5.41, 5.74) is 15.9. The number of nitrogens with two attached hydrogens (primary N) is 1. The number of nitrogens with one attached hydrogen (secondary N) is 1. The van der Waals surface area contributed by atoms with Crippen molar-refractivity contribution >= 4 is 28.3 Å². The van der Waals surface area contributed by atoms with Crippen LogP contribution in [0.15, 0.2) is 60.8 Å². The van der Waals surface area contributed by atoms with E-state index in [1.54, 1.807) is 6.20 Å². The molecule has 2 aromatic carbocycles. The van der Waals surface area contributed by atoms with Gasteiger partial charge in [0, 0.05) is 47.8 Å². The Hall–Kier alpha value is -3.77. The van der Waals surface area contributed by atoms with Crippen LogP contribution in [0.2, 0.25) is 0 Å². The van der Waals surface area contributed by atoms with E-state index < -0.39 is 0 Å². The average molecular weight is 490 g/mol. The first-order valence-electron chi connectivity index (χ1n) is 13.5. The van der Waals surface area contributed by atoms with Crippen molar-refractivity contribution in [3.8, 4) is 22.4 Å². The second-order valence-corrected chi connectivity index (χ2v) is 10.7. The number of carbonyl (C=O) groups is 1. The van der Waals surface area contributed by atoms with Crippen molar-refractivity contribution in [2.75, 3.05) is 23.3 Å². The summed E-state index contributed by atoms with van der Waals surface area (Å²) >= 11 is 0. The summed E-state index contributed by atoms with van der Waals surface area (Å²) < 4.78 is 0. The number of aromatic nitrogens is 2. The highest BCUT2D eigenvalue weighted by atomic mass is 16.2. The number of aryl methyl sites for hydroxylation is 1. The third-order valence-electron chi connectivity index (χ3n) is 8.03. The van der Waals surface area contributed by atoms with Gasteiger partial charge in [-0.25, -0.2) is 9.97 Å². The fourth-order valence-electron chi connectivity index (χ4n) is 5.95. The molecule has 1 saturated carbocycles. The number of amides is 1. The van der Waals surface area contributed by atoms with Crippen LogP contribution >= 0.6 is 0 Å². The van der Waals surface area contributed by atoms with Gasteiger partial charge in [-0.05, 0) is 79.5 Å². The van der Waals surface area contributed by atoms with Crippen molar-refractivity contribution in [1.82, 2.24) is 9.97 Å².